The van der Waals surface area contributed by atoms with Gasteiger partial charge in [0.2, 0.25) is 5.91 Å². The van der Waals surface area contributed by atoms with Crippen molar-refractivity contribution in [3.05, 3.63) is 68.6 Å². The van der Waals surface area contributed by atoms with Crippen molar-refractivity contribution in [1.29, 1.82) is 0 Å². The molecule has 0 aliphatic carbocycles. The first-order valence-electron chi connectivity index (χ1n) is 7.33. The standard InChI is InChI=1S/C17H14Cl2N2O3/c18-12-5-6-14-15(9-12)24-17(23)21(14)8-7-16(22)20-10-11-3-1-2-4-13(11)19/h1-6,9H,7-8,10H2,(H,20,22). The minimum absolute atomic E-state index is 0.154. The summed E-state index contributed by atoms with van der Waals surface area (Å²) in [5.74, 6) is -0.684. The molecule has 3 rings (SSSR count). The van der Waals surface area contributed by atoms with Crippen molar-refractivity contribution in [2.24, 2.45) is 0 Å². The minimum atomic E-state index is -0.508. The highest BCUT2D eigenvalue weighted by molar-refractivity contribution is 6.31. The molecule has 0 spiro atoms. The summed E-state index contributed by atoms with van der Waals surface area (Å²) in [7, 11) is 0. The van der Waals surface area contributed by atoms with Crippen LogP contribution in [0.1, 0.15) is 12.0 Å². The van der Waals surface area contributed by atoms with Crippen molar-refractivity contribution < 1.29 is 9.21 Å². The summed E-state index contributed by atoms with van der Waals surface area (Å²) < 4.78 is 6.55. The van der Waals surface area contributed by atoms with Gasteiger partial charge in [0.25, 0.3) is 0 Å². The maximum atomic E-state index is 12.0. The first-order chi connectivity index (χ1) is 11.5. The topological polar surface area (TPSA) is 64.2 Å². The summed E-state index contributed by atoms with van der Waals surface area (Å²) in [5, 5.41) is 3.88. The van der Waals surface area contributed by atoms with E-state index >= 15 is 0 Å². The molecule has 0 radical (unpaired) electrons. The highest BCUT2D eigenvalue weighted by Gasteiger charge is 2.11. The van der Waals surface area contributed by atoms with Crippen molar-refractivity contribution >= 4 is 40.2 Å². The number of carbonyl (C=O) groups is 1. The Morgan fingerprint density at radius 1 is 1.17 bits per heavy atom. The molecule has 1 aromatic heterocycles. The van der Waals surface area contributed by atoms with E-state index in [1.807, 2.05) is 18.2 Å². The summed E-state index contributed by atoms with van der Waals surface area (Å²) in [4.78, 5) is 23.9. The van der Waals surface area contributed by atoms with Gasteiger partial charge in [-0.3, -0.25) is 9.36 Å². The Bertz CT molecular complexity index is 946. The molecule has 2 aromatic carbocycles. The van der Waals surface area contributed by atoms with Crippen LogP contribution >= 0.6 is 23.2 Å². The van der Waals surface area contributed by atoms with Crippen LogP contribution in [0.25, 0.3) is 11.1 Å². The van der Waals surface area contributed by atoms with Crippen molar-refractivity contribution in [2.75, 3.05) is 0 Å². The van der Waals surface area contributed by atoms with Crippen LogP contribution in [0.4, 0.5) is 0 Å². The van der Waals surface area contributed by atoms with E-state index in [2.05, 4.69) is 5.32 Å². The minimum Gasteiger partial charge on any atom is -0.408 e. The number of aromatic nitrogens is 1. The van der Waals surface area contributed by atoms with Gasteiger partial charge >= 0.3 is 5.76 Å². The number of benzene rings is 2. The average molecular weight is 365 g/mol. The van der Waals surface area contributed by atoms with Gasteiger partial charge in [0.15, 0.2) is 5.58 Å². The van der Waals surface area contributed by atoms with Crippen LogP contribution in [0, 0.1) is 0 Å². The SMILES string of the molecule is O=C(CCn1c(=O)oc2cc(Cl)ccc21)NCc1ccccc1Cl. The largest absolute Gasteiger partial charge is 0.419 e. The van der Waals surface area contributed by atoms with Gasteiger partial charge in [0.1, 0.15) is 0 Å². The van der Waals surface area contributed by atoms with Gasteiger partial charge in [0.05, 0.1) is 5.52 Å². The Morgan fingerprint density at radius 3 is 2.75 bits per heavy atom. The van der Waals surface area contributed by atoms with Gasteiger partial charge in [0, 0.05) is 35.6 Å². The third-order valence-corrected chi connectivity index (χ3v) is 4.23. The molecule has 0 aliphatic rings. The molecule has 0 unspecified atom stereocenters. The predicted octanol–water partition coefficient (Wildman–Crippen LogP) is 3.61. The Morgan fingerprint density at radius 2 is 1.96 bits per heavy atom. The number of carbonyl (C=O) groups excluding carboxylic acids is 1. The predicted molar refractivity (Wildman–Crippen MR) is 93.4 cm³/mol. The zero-order valence-electron chi connectivity index (χ0n) is 12.6. The molecule has 0 bridgehead atoms. The molecule has 1 N–H and O–H groups in total. The molecule has 7 heteroatoms. The van der Waals surface area contributed by atoms with Crippen LogP contribution in [0.15, 0.2) is 51.7 Å². The lowest BCUT2D eigenvalue weighted by Crippen LogP contribution is -2.25. The average Bonchev–Trinajstić information content (AvgIpc) is 2.86. The van der Waals surface area contributed by atoms with E-state index < -0.39 is 5.76 Å². The molecule has 0 atom stereocenters. The van der Waals surface area contributed by atoms with Crippen molar-refractivity contribution in [3.63, 3.8) is 0 Å². The summed E-state index contributed by atoms with van der Waals surface area (Å²) in [6.45, 7) is 0.566. The van der Waals surface area contributed by atoms with Gasteiger partial charge in [-0.2, -0.15) is 0 Å². The van der Waals surface area contributed by atoms with Crippen LogP contribution in [-0.2, 0) is 17.9 Å². The lowest BCUT2D eigenvalue weighted by molar-refractivity contribution is -0.121. The maximum Gasteiger partial charge on any atom is 0.419 e. The number of amides is 1. The second-order valence-electron chi connectivity index (χ2n) is 5.25. The van der Waals surface area contributed by atoms with Crippen LogP contribution in [0.3, 0.4) is 0 Å². The molecule has 24 heavy (non-hydrogen) atoms. The number of hydrogen-bond acceptors (Lipinski definition) is 3. The molecular weight excluding hydrogens is 351 g/mol. The van der Waals surface area contributed by atoms with Crippen LogP contribution in [0.2, 0.25) is 10.0 Å². The summed E-state index contributed by atoms with van der Waals surface area (Å²) >= 11 is 11.9. The first kappa shape index (κ1) is 16.6. The Kier molecular flexibility index (Phi) is 4.92. The molecule has 0 saturated heterocycles. The third-order valence-electron chi connectivity index (χ3n) is 3.63. The monoisotopic (exact) mass is 364 g/mol. The van der Waals surface area contributed by atoms with Crippen molar-refractivity contribution in [1.82, 2.24) is 9.88 Å². The molecule has 0 saturated carbocycles. The zero-order valence-corrected chi connectivity index (χ0v) is 14.1. The number of aryl methyl sites for hydroxylation is 1. The van der Waals surface area contributed by atoms with Gasteiger partial charge in [-0.05, 0) is 23.8 Å². The second-order valence-corrected chi connectivity index (χ2v) is 6.09. The first-order valence-corrected chi connectivity index (χ1v) is 8.09. The van der Waals surface area contributed by atoms with E-state index in [0.717, 1.165) is 5.56 Å². The molecular formula is C17H14Cl2N2O3. The maximum absolute atomic E-state index is 12.0. The van der Waals surface area contributed by atoms with E-state index in [1.54, 1.807) is 24.3 Å². The van der Waals surface area contributed by atoms with Crippen LogP contribution in [0.5, 0.6) is 0 Å². The van der Waals surface area contributed by atoms with Gasteiger partial charge < -0.3 is 9.73 Å². The number of oxazole rings is 1. The Balaban J connectivity index is 1.64. The fraction of sp³-hybridized carbons (Fsp3) is 0.176. The Hall–Kier alpha value is -2.24. The number of fused-ring (bicyclic) bond motifs is 1. The van der Waals surface area contributed by atoms with Crippen LogP contribution < -0.4 is 11.1 Å². The molecule has 1 amide bonds. The van der Waals surface area contributed by atoms with E-state index in [0.29, 0.717) is 27.7 Å². The van der Waals surface area contributed by atoms with Crippen molar-refractivity contribution in [3.8, 4) is 0 Å². The normalized spacial score (nSPS) is 10.9. The van der Waals surface area contributed by atoms with E-state index in [-0.39, 0.29) is 18.9 Å². The second kappa shape index (κ2) is 7.11. The highest BCUT2D eigenvalue weighted by Crippen LogP contribution is 2.18. The lowest BCUT2D eigenvalue weighted by Gasteiger charge is -2.07. The van der Waals surface area contributed by atoms with E-state index in [4.69, 9.17) is 27.6 Å². The quantitative estimate of drug-likeness (QED) is 0.751. The lowest BCUT2D eigenvalue weighted by atomic mass is 10.2. The van der Waals surface area contributed by atoms with E-state index in [1.165, 1.54) is 4.57 Å². The zero-order chi connectivity index (χ0) is 17.1. The molecule has 0 fully saturated rings. The Labute approximate surface area is 147 Å². The molecule has 5 nitrogen and oxygen atoms in total. The van der Waals surface area contributed by atoms with E-state index in [9.17, 15) is 9.59 Å². The summed E-state index contributed by atoms with van der Waals surface area (Å²) in [5.41, 5.74) is 1.86. The number of halogens is 2. The molecule has 0 aliphatic heterocycles. The summed E-state index contributed by atoms with van der Waals surface area (Å²) in [6, 6.07) is 12.3. The summed E-state index contributed by atoms with van der Waals surface area (Å²) in [6.07, 6.45) is 0.154. The fourth-order valence-corrected chi connectivity index (χ4v) is 2.75. The fourth-order valence-electron chi connectivity index (χ4n) is 2.39. The van der Waals surface area contributed by atoms with Gasteiger partial charge in [-0.15, -0.1) is 0 Å². The van der Waals surface area contributed by atoms with Gasteiger partial charge in [-0.1, -0.05) is 41.4 Å². The van der Waals surface area contributed by atoms with Crippen LogP contribution in [-0.4, -0.2) is 10.5 Å². The molecule has 1 heterocycles. The van der Waals surface area contributed by atoms with Crippen molar-refractivity contribution in [2.45, 2.75) is 19.5 Å². The number of nitrogens with one attached hydrogen (secondary N) is 1. The highest BCUT2D eigenvalue weighted by atomic mass is 35.5. The number of nitrogens with zero attached hydrogens (tertiary/aromatic N) is 1. The number of hydrogen-bond donors (Lipinski definition) is 1. The number of rotatable bonds is 5. The molecule has 3 aromatic rings. The molecule has 124 valence electrons. The third kappa shape index (κ3) is 3.63. The smallest absolute Gasteiger partial charge is 0.408 e. The van der Waals surface area contributed by atoms with Gasteiger partial charge in [-0.25, -0.2) is 4.79 Å².